The minimum absolute atomic E-state index is 0.168. The zero-order valence-electron chi connectivity index (χ0n) is 39.2. The molecule has 7 rings (SSSR count). The van der Waals surface area contributed by atoms with E-state index >= 15 is 0 Å². The predicted molar refractivity (Wildman–Crippen MR) is 266 cm³/mol. The molecule has 1 N–H and O–H groups in total. The maximum absolute atomic E-state index is 13.9. The quantitative estimate of drug-likeness (QED) is 0.0747. The van der Waals surface area contributed by atoms with Crippen LogP contribution in [-0.4, -0.2) is 58.9 Å². The Bertz CT molecular complexity index is 1960. The Labute approximate surface area is 382 Å². The number of amides is 1. The fourth-order valence-electron chi connectivity index (χ4n) is 9.15. The molecule has 63 heavy (non-hydrogen) atoms. The highest BCUT2D eigenvalue weighted by molar-refractivity contribution is 5.94. The van der Waals surface area contributed by atoms with Crippen molar-refractivity contribution in [1.82, 2.24) is 20.0 Å². The number of hydrogen-bond acceptors (Lipinski definition) is 4. The number of benzene rings is 5. The van der Waals surface area contributed by atoms with Gasteiger partial charge in [0.2, 0.25) is 0 Å². The van der Waals surface area contributed by atoms with Crippen molar-refractivity contribution in [3.63, 3.8) is 0 Å². The van der Waals surface area contributed by atoms with Gasteiger partial charge in [-0.1, -0.05) is 168 Å². The van der Waals surface area contributed by atoms with E-state index in [1.54, 1.807) is 0 Å². The Balaban J connectivity index is 0.000000228. The summed E-state index contributed by atoms with van der Waals surface area (Å²) >= 11 is 0. The SMILES string of the molecule is CCCCCc1ccc(C(=O)N(Cc2ccc(CCCC)cc2)C2CCN(Cc3ccccc3)CC2)cc1.CCCCc1ccc(CNC2CCN(Cc3ccccc3)CC2)cc1. The van der Waals surface area contributed by atoms with Crippen molar-refractivity contribution in [2.75, 3.05) is 26.2 Å². The van der Waals surface area contributed by atoms with Crippen LogP contribution in [0.4, 0.5) is 0 Å². The van der Waals surface area contributed by atoms with Gasteiger partial charge in [0.05, 0.1) is 0 Å². The number of unbranched alkanes of at least 4 members (excludes halogenated alkanes) is 4. The van der Waals surface area contributed by atoms with Crippen LogP contribution in [0.5, 0.6) is 0 Å². The summed E-state index contributed by atoms with van der Waals surface area (Å²) in [6.07, 6.45) is 16.7. The molecule has 0 radical (unpaired) electrons. The molecule has 0 atom stereocenters. The van der Waals surface area contributed by atoms with Crippen LogP contribution >= 0.6 is 0 Å². The molecule has 5 aromatic rings. The second-order valence-corrected chi connectivity index (χ2v) is 18.3. The highest BCUT2D eigenvalue weighted by atomic mass is 16.2. The summed E-state index contributed by atoms with van der Waals surface area (Å²) in [5.41, 5.74) is 10.4. The van der Waals surface area contributed by atoms with E-state index in [1.807, 2.05) is 0 Å². The second-order valence-electron chi connectivity index (χ2n) is 18.3. The molecule has 0 spiro atoms. The molecular weight excluding hydrogens is 769 g/mol. The average Bonchev–Trinajstić information content (AvgIpc) is 3.34. The number of nitrogens with one attached hydrogen (secondary N) is 1. The minimum atomic E-state index is 0.168. The van der Waals surface area contributed by atoms with Crippen molar-refractivity contribution in [2.45, 2.75) is 149 Å². The summed E-state index contributed by atoms with van der Waals surface area (Å²) in [5.74, 6) is 0.168. The van der Waals surface area contributed by atoms with Gasteiger partial charge in [0, 0.05) is 56.9 Å². The molecule has 2 aliphatic rings. The molecule has 2 aliphatic heterocycles. The van der Waals surface area contributed by atoms with E-state index in [2.05, 4.69) is 174 Å². The first kappa shape index (κ1) is 47.9. The van der Waals surface area contributed by atoms with Crippen molar-refractivity contribution >= 4 is 5.91 Å². The molecule has 0 bridgehead atoms. The second kappa shape index (κ2) is 26.9. The third-order valence-electron chi connectivity index (χ3n) is 13.2. The Morgan fingerprint density at radius 1 is 0.492 bits per heavy atom. The van der Waals surface area contributed by atoms with Crippen molar-refractivity contribution < 1.29 is 4.79 Å². The van der Waals surface area contributed by atoms with Gasteiger partial charge in [0.25, 0.3) is 5.91 Å². The van der Waals surface area contributed by atoms with Crippen LogP contribution < -0.4 is 5.32 Å². The van der Waals surface area contributed by atoms with Crippen LogP contribution in [0.1, 0.15) is 141 Å². The number of hydrogen-bond donors (Lipinski definition) is 1. The third kappa shape index (κ3) is 16.5. The first-order valence-electron chi connectivity index (χ1n) is 24.8. The lowest BCUT2D eigenvalue weighted by atomic mass is 9.99. The van der Waals surface area contributed by atoms with E-state index in [4.69, 9.17) is 0 Å². The van der Waals surface area contributed by atoms with E-state index in [0.717, 1.165) is 64.0 Å². The van der Waals surface area contributed by atoms with Gasteiger partial charge in [-0.05, 0) is 128 Å². The molecule has 0 unspecified atom stereocenters. The van der Waals surface area contributed by atoms with Gasteiger partial charge >= 0.3 is 0 Å². The van der Waals surface area contributed by atoms with Crippen LogP contribution in [0.3, 0.4) is 0 Å². The molecule has 0 saturated carbocycles. The minimum Gasteiger partial charge on any atom is -0.331 e. The van der Waals surface area contributed by atoms with E-state index in [1.165, 1.54) is 116 Å². The summed E-state index contributed by atoms with van der Waals surface area (Å²) in [5, 5.41) is 3.76. The molecule has 5 nitrogen and oxygen atoms in total. The summed E-state index contributed by atoms with van der Waals surface area (Å²) in [6, 6.07) is 49.0. The summed E-state index contributed by atoms with van der Waals surface area (Å²) in [4.78, 5) is 21.2. The number of carbonyl (C=O) groups is 1. The highest BCUT2D eigenvalue weighted by Gasteiger charge is 2.29. The first-order chi connectivity index (χ1) is 31.0. The van der Waals surface area contributed by atoms with E-state index in [-0.39, 0.29) is 11.9 Å². The molecule has 1 amide bonds. The van der Waals surface area contributed by atoms with Crippen molar-refractivity contribution in [1.29, 1.82) is 0 Å². The van der Waals surface area contributed by atoms with E-state index in [0.29, 0.717) is 12.6 Å². The summed E-state index contributed by atoms with van der Waals surface area (Å²) < 4.78 is 0. The van der Waals surface area contributed by atoms with E-state index in [9.17, 15) is 4.79 Å². The average molecular weight is 847 g/mol. The fraction of sp³-hybridized carbons (Fsp3) is 0.466. The Kier molecular flexibility index (Phi) is 20.5. The first-order valence-corrected chi connectivity index (χ1v) is 24.8. The number of piperidine rings is 2. The standard InChI is InChI=1S/C35H46N2O.C23H32N2/c1-3-5-8-12-30-19-21-33(22-20-30)35(38)37(28-32-17-15-29(16-18-32)11-6-4-2)34-23-25-36(26-24-34)27-31-13-9-7-10-14-31;1-2-3-7-20-10-12-21(13-11-20)18-24-23-14-16-25(17-15-23)19-22-8-5-4-6-9-22/h7,9-10,13-22,34H,3-6,8,11-12,23-28H2,1-2H3;4-6,8-13,23-24H,2-3,7,14-19H2,1H3. The fourth-order valence-corrected chi connectivity index (χ4v) is 9.15. The van der Waals surface area contributed by atoms with Crippen LogP contribution in [0.2, 0.25) is 0 Å². The zero-order valence-corrected chi connectivity index (χ0v) is 39.2. The highest BCUT2D eigenvalue weighted by Crippen LogP contribution is 2.24. The molecule has 0 aliphatic carbocycles. The normalized spacial score (nSPS) is 15.2. The van der Waals surface area contributed by atoms with Gasteiger partial charge in [-0.15, -0.1) is 0 Å². The summed E-state index contributed by atoms with van der Waals surface area (Å²) in [7, 11) is 0. The number of carbonyl (C=O) groups excluding carboxylic acids is 1. The molecule has 2 saturated heterocycles. The van der Waals surface area contributed by atoms with Gasteiger partial charge in [-0.2, -0.15) is 0 Å². The molecule has 336 valence electrons. The maximum atomic E-state index is 13.9. The van der Waals surface area contributed by atoms with E-state index < -0.39 is 0 Å². The molecule has 5 aromatic carbocycles. The Morgan fingerprint density at radius 2 is 0.921 bits per heavy atom. The molecule has 5 heteroatoms. The lowest BCUT2D eigenvalue weighted by Crippen LogP contribution is -2.46. The monoisotopic (exact) mass is 847 g/mol. The van der Waals surface area contributed by atoms with Crippen molar-refractivity contribution in [3.8, 4) is 0 Å². The van der Waals surface area contributed by atoms with Gasteiger partial charge in [0.15, 0.2) is 0 Å². The molecule has 2 fully saturated rings. The lowest BCUT2D eigenvalue weighted by molar-refractivity contribution is 0.0543. The topological polar surface area (TPSA) is 38.8 Å². The van der Waals surface area contributed by atoms with Gasteiger partial charge in [0.1, 0.15) is 0 Å². The molecule has 0 aromatic heterocycles. The summed E-state index contributed by atoms with van der Waals surface area (Å²) in [6.45, 7) is 14.9. The number of aryl methyl sites for hydroxylation is 3. The van der Waals surface area contributed by atoms with Gasteiger partial charge in [-0.25, -0.2) is 0 Å². The zero-order chi connectivity index (χ0) is 43.9. The number of nitrogens with zero attached hydrogens (tertiary/aromatic N) is 3. The maximum Gasteiger partial charge on any atom is 0.254 e. The van der Waals surface area contributed by atoms with Crippen molar-refractivity contribution in [3.05, 3.63) is 178 Å². The van der Waals surface area contributed by atoms with Crippen LogP contribution in [0.25, 0.3) is 0 Å². The number of rotatable bonds is 21. The van der Waals surface area contributed by atoms with Crippen LogP contribution in [-0.2, 0) is 45.4 Å². The van der Waals surface area contributed by atoms with Crippen LogP contribution in [0.15, 0.2) is 133 Å². The van der Waals surface area contributed by atoms with Gasteiger partial charge in [-0.3, -0.25) is 14.6 Å². The van der Waals surface area contributed by atoms with Gasteiger partial charge < -0.3 is 10.2 Å². The number of likely N-dealkylation sites (tertiary alicyclic amines) is 2. The predicted octanol–water partition coefficient (Wildman–Crippen LogP) is 12.9. The Morgan fingerprint density at radius 3 is 1.41 bits per heavy atom. The third-order valence-corrected chi connectivity index (χ3v) is 13.2. The smallest absolute Gasteiger partial charge is 0.254 e. The molecular formula is C58H78N4O. The van der Waals surface area contributed by atoms with Crippen molar-refractivity contribution in [2.24, 2.45) is 0 Å². The Hall–Kier alpha value is -4.55. The van der Waals surface area contributed by atoms with Crippen LogP contribution in [0, 0.1) is 0 Å². The lowest BCUT2D eigenvalue weighted by Gasteiger charge is -2.39. The largest absolute Gasteiger partial charge is 0.331 e. The molecule has 2 heterocycles.